The lowest BCUT2D eigenvalue weighted by Crippen LogP contribution is -2.07. The molecule has 0 aliphatic rings. The molecule has 0 radical (unpaired) electrons. The summed E-state index contributed by atoms with van der Waals surface area (Å²) >= 11 is 0. The Morgan fingerprint density at radius 1 is 0.833 bits per heavy atom. The monoisotopic (exact) mass is 273 g/mol. The zero-order valence-corrected chi connectivity index (χ0v) is 13.3. The molecule has 0 atom stereocenters. The molecule has 0 unspecified atom stereocenters. The fourth-order valence-corrected chi connectivity index (χ4v) is 5.03. The van der Waals surface area contributed by atoms with Crippen LogP contribution in [0.4, 0.5) is 0 Å². The van der Waals surface area contributed by atoms with Crippen molar-refractivity contribution in [3.05, 3.63) is 0 Å². The highest BCUT2D eigenvalue weighted by Gasteiger charge is 2.29. The summed E-state index contributed by atoms with van der Waals surface area (Å²) in [6, 6.07) is 0. The van der Waals surface area contributed by atoms with E-state index in [4.69, 9.17) is 10.5 Å². The van der Waals surface area contributed by atoms with E-state index in [1.54, 1.807) is 6.16 Å². The van der Waals surface area contributed by atoms with Gasteiger partial charge in [-0.15, -0.1) is 0 Å². The second kappa shape index (κ2) is 18.4. The highest BCUT2D eigenvalue weighted by Crippen LogP contribution is 2.58. The summed E-state index contributed by atoms with van der Waals surface area (Å²) in [6.45, 7) is 9.48. The minimum atomic E-state index is -0.469. The third-order valence-electron chi connectivity index (χ3n) is 3.25. The van der Waals surface area contributed by atoms with Crippen LogP contribution in [0.2, 0.25) is 0 Å². The van der Waals surface area contributed by atoms with E-state index in [-0.39, 0.29) is 0 Å². The number of unbranched alkanes of at least 4 members (excludes halogenated alkanes) is 2. The van der Waals surface area contributed by atoms with Crippen LogP contribution in [0.5, 0.6) is 0 Å². The van der Waals surface area contributed by atoms with Crippen molar-refractivity contribution in [1.82, 2.24) is 0 Å². The molecule has 0 aromatic rings. The van der Waals surface area contributed by atoms with E-state index in [0.29, 0.717) is 0 Å². The smallest absolute Gasteiger partial charge is 0.173 e. The van der Waals surface area contributed by atoms with Crippen molar-refractivity contribution in [2.45, 2.75) is 47.0 Å². The first-order valence-corrected chi connectivity index (χ1v) is 9.15. The third-order valence-corrected chi connectivity index (χ3v) is 8.54. The van der Waals surface area contributed by atoms with Gasteiger partial charge >= 0.3 is 0 Å². The van der Waals surface area contributed by atoms with E-state index in [2.05, 4.69) is 39.2 Å². The van der Waals surface area contributed by atoms with Gasteiger partial charge in [0.25, 0.3) is 0 Å². The molecule has 4 nitrogen and oxygen atoms in total. The van der Waals surface area contributed by atoms with E-state index < -0.39 is 7.26 Å². The van der Waals surface area contributed by atoms with Gasteiger partial charge in [-0.05, 0) is 27.2 Å². The van der Waals surface area contributed by atoms with Gasteiger partial charge in [-0.25, -0.2) is 0 Å². The number of nitriles is 2. The van der Waals surface area contributed by atoms with E-state index in [1.165, 1.54) is 50.1 Å². The molecular formula is C13H30N4P+. The maximum atomic E-state index is 7.10. The van der Waals surface area contributed by atoms with E-state index in [9.17, 15) is 0 Å². The summed E-state index contributed by atoms with van der Waals surface area (Å²) < 4.78 is 0. The van der Waals surface area contributed by atoms with Gasteiger partial charge in [0.2, 0.25) is 0 Å². The molecule has 0 spiro atoms. The number of rotatable bonds is 7. The normalized spacial score (nSPS) is 8.78. The Kier molecular flexibility index (Phi) is 22.7. The molecule has 0 saturated heterocycles. The molecule has 0 fully saturated rings. The van der Waals surface area contributed by atoms with Crippen LogP contribution in [0.25, 0.3) is 0 Å². The average Bonchev–Trinajstić information content (AvgIpc) is 2.37. The Morgan fingerprint density at radius 3 is 1.39 bits per heavy atom. The Bertz CT molecular complexity index is 206. The van der Waals surface area contributed by atoms with E-state index in [0.717, 1.165) is 0 Å². The predicted octanol–water partition coefficient (Wildman–Crippen LogP) is 3.11. The summed E-state index contributed by atoms with van der Waals surface area (Å²) in [5, 5.41) is 14.2. The maximum Gasteiger partial charge on any atom is 0.173 e. The first kappa shape index (κ1) is 22.2. The van der Waals surface area contributed by atoms with E-state index >= 15 is 0 Å². The summed E-state index contributed by atoms with van der Waals surface area (Å²) in [7, 11) is -0.469. The molecule has 5 heteroatoms. The molecule has 0 aromatic carbocycles. The Balaban J connectivity index is -0.000000315. The van der Waals surface area contributed by atoms with Gasteiger partial charge in [-0.2, -0.15) is 10.5 Å². The standard InChI is InChI=1S/C11H26P.2CH2N2/c1-5-9-10-11-12(6-2,7-3)8-4;2*2-1-3/h5-11H2,1-4H3;2*2H2/q+1;;. The summed E-state index contributed by atoms with van der Waals surface area (Å²) in [4.78, 5) is 0. The minimum absolute atomic E-state index is 0.469. The molecular weight excluding hydrogens is 243 g/mol. The molecule has 0 heterocycles. The Morgan fingerprint density at radius 2 is 1.17 bits per heavy atom. The van der Waals surface area contributed by atoms with Gasteiger partial charge in [-0.3, -0.25) is 0 Å². The fourth-order valence-electron chi connectivity index (χ4n) is 1.84. The highest BCUT2D eigenvalue weighted by atomic mass is 31.2. The lowest BCUT2D eigenvalue weighted by Gasteiger charge is -2.23. The lowest BCUT2D eigenvalue weighted by molar-refractivity contribution is 0.772. The van der Waals surface area contributed by atoms with Gasteiger partial charge in [0.15, 0.2) is 12.4 Å². The second-order valence-corrected chi connectivity index (χ2v) is 9.01. The lowest BCUT2D eigenvalue weighted by atomic mass is 10.3. The minimum Gasteiger partial charge on any atom is -0.337 e. The fraction of sp³-hybridized carbons (Fsp3) is 0.846. The topological polar surface area (TPSA) is 99.6 Å². The van der Waals surface area contributed by atoms with Crippen LogP contribution in [0.15, 0.2) is 0 Å². The number of hydrogen-bond acceptors (Lipinski definition) is 4. The molecule has 0 rings (SSSR count). The van der Waals surface area contributed by atoms with Crippen LogP contribution in [0, 0.1) is 22.9 Å². The van der Waals surface area contributed by atoms with Crippen LogP contribution in [0.1, 0.15) is 47.0 Å². The van der Waals surface area contributed by atoms with Crippen molar-refractivity contribution in [1.29, 1.82) is 10.5 Å². The Labute approximate surface area is 114 Å². The highest BCUT2D eigenvalue weighted by molar-refractivity contribution is 7.75. The number of nitrogens with two attached hydrogens (primary N) is 2. The number of hydrogen-bond donors (Lipinski definition) is 2. The van der Waals surface area contributed by atoms with Crippen molar-refractivity contribution in [3.8, 4) is 12.4 Å². The van der Waals surface area contributed by atoms with Crippen LogP contribution in [-0.2, 0) is 0 Å². The first-order valence-electron chi connectivity index (χ1n) is 6.62. The van der Waals surface area contributed by atoms with Crippen LogP contribution >= 0.6 is 7.26 Å². The Hall–Kier alpha value is -0.990. The van der Waals surface area contributed by atoms with Crippen LogP contribution in [0.3, 0.4) is 0 Å². The molecule has 0 amide bonds. The average molecular weight is 273 g/mol. The molecule has 106 valence electrons. The van der Waals surface area contributed by atoms with Gasteiger partial charge in [0, 0.05) is 7.26 Å². The predicted molar refractivity (Wildman–Crippen MR) is 82.5 cm³/mol. The van der Waals surface area contributed by atoms with Crippen molar-refractivity contribution in [2.75, 3.05) is 24.6 Å². The summed E-state index contributed by atoms with van der Waals surface area (Å²) in [6.07, 6.45) is 12.8. The summed E-state index contributed by atoms with van der Waals surface area (Å²) in [5.41, 5.74) is 8.31. The van der Waals surface area contributed by atoms with E-state index in [1.807, 2.05) is 0 Å². The summed E-state index contributed by atoms with van der Waals surface area (Å²) in [5.74, 6) is 0. The van der Waals surface area contributed by atoms with Crippen molar-refractivity contribution < 1.29 is 0 Å². The zero-order chi connectivity index (χ0) is 14.9. The van der Waals surface area contributed by atoms with Crippen molar-refractivity contribution >= 4 is 7.26 Å². The molecule has 0 aliphatic carbocycles. The van der Waals surface area contributed by atoms with Gasteiger partial charge in [0.05, 0.1) is 24.6 Å². The van der Waals surface area contributed by atoms with Gasteiger partial charge in [0.1, 0.15) is 0 Å². The SMILES string of the molecule is CCCCC[P+](CC)(CC)CC.N#CN.N#CN. The van der Waals surface area contributed by atoms with Crippen LogP contribution < -0.4 is 11.5 Å². The molecule has 0 bridgehead atoms. The molecule has 0 aliphatic heterocycles. The molecule has 4 N–H and O–H groups in total. The number of nitrogens with zero attached hydrogens (tertiary/aromatic N) is 2. The molecule has 0 saturated carbocycles. The second-order valence-electron chi connectivity index (χ2n) is 3.98. The largest absolute Gasteiger partial charge is 0.337 e. The zero-order valence-electron chi connectivity index (χ0n) is 12.4. The van der Waals surface area contributed by atoms with Crippen LogP contribution in [-0.4, -0.2) is 24.6 Å². The van der Waals surface area contributed by atoms with Gasteiger partial charge in [-0.1, -0.05) is 19.8 Å². The van der Waals surface area contributed by atoms with Crippen molar-refractivity contribution in [3.63, 3.8) is 0 Å². The quantitative estimate of drug-likeness (QED) is 0.322. The first-order chi connectivity index (χ1) is 8.57. The molecule has 0 aromatic heterocycles. The third kappa shape index (κ3) is 15.0. The molecule has 18 heavy (non-hydrogen) atoms. The van der Waals surface area contributed by atoms with Crippen molar-refractivity contribution in [2.24, 2.45) is 11.5 Å². The van der Waals surface area contributed by atoms with Gasteiger partial charge < -0.3 is 11.5 Å². The maximum absolute atomic E-state index is 7.10.